The van der Waals surface area contributed by atoms with Gasteiger partial charge in [-0.3, -0.25) is 9.63 Å². The second-order valence-corrected chi connectivity index (χ2v) is 4.37. The molecule has 0 radical (unpaired) electrons. The van der Waals surface area contributed by atoms with Crippen LogP contribution in [0.15, 0.2) is 30.3 Å². The van der Waals surface area contributed by atoms with Crippen molar-refractivity contribution in [3.05, 3.63) is 35.9 Å². The molecular formula is C14H22N2O2. The Morgan fingerprint density at radius 1 is 1.39 bits per heavy atom. The maximum Gasteiger partial charge on any atom is 0.233 e. The van der Waals surface area contributed by atoms with Crippen LogP contribution in [-0.4, -0.2) is 24.1 Å². The van der Waals surface area contributed by atoms with Crippen LogP contribution in [0.5, 0.6) is 0 Å². The zero-order valence-corrected chi connectivity index (χ0v) is 10.9. The van der Waals surface area contributed by atoms with E-state index in [1.807, 2.05) is 30.3 Å². The monoisotopic (exact) mass is 250 g/mol. The summed E-state index contributed by atoms with van der Waals surface area (Å²) in [5.41, 5.74) is 6.96. The summed E-state index contributed by atoms with van der Waals surface area (Å²) >= 11 is 0. The highest BCUT2D eigenvalue weighted by atomic mass is 16.7. The molecule has 0 aliphatic rings. The Labute approximate surface area is 109 Å². The number of rotatable bonds is 9. The number of hydrogen-bond donors (Lipinski definition) is 1. The van der Waals surface area contributed by atoms with Crippen LogP contribution < -0.4 is 5.73 Å². The van der Waals surface area contributed by atoms with Gasteiger partial charge in [-0.05, 0) is 12.0 Å². The lowest BCUT2D eigenvalue weighted by Crippen LogP contribution is -2.36. The van der Waals surface area contributed by atoms with Crippen molar-refractivity contribution in [1.82, 2.24) is 5.06 Å². The van der Waals surface area contributed by atoms with Gasteiger partial charge in [-0.15, -0.1) is 0 Å². The largest absolute Gasteiger partial charge is 0.326 e. The Morgan fingerprint density at radius 3 is 2.72 bits per heavy atom. The smallest absolute Gasteiger partial charge is 0.233 e. The Balaban J connectivity index is 2.31. The molecule has 100 valence electrons. The highest BCUT2D eigenvalue weighted by Crippen LogP contribution is 2.04. The van der Waals surface area contributed by atoms with E-state index in [2.05, 4.69) is 6.92 Å². The van der Waals surface area contributed by atoms with Gasteiger partial charge in [0.2, 0.25) is 6.41 Å². The molecule has 4 nitrogen and oxygen atoms in total. The fourth-order valence-electron chi connectivity index (χ4n) is 1.65. The second kappa shape index (κ2) is 8.66. The van der Waals surface area contributed by atoms with Crippen molar-refractivity contribution >= 4 is 6.41 Å². The third-order valence-corrected chi connectivity index (χ3v) is 2.70. The summed E-state index contributed by atoms with van der Waals surface area (Å²) in [6.45, 7) is 2.95. The van der Waals surface area contributed by atoms with Crippen molar-refractivity contribution in [2.75, 3.05) is 6.54 Å². The molecule has 18 heavy (non-hydrogen) atoms. The van der Waals surface area contributed by atoms with Gasteiger partial charge >= 0.3 is 0 Å². The van der Waals surface area contributed by atoms with E-state index in [0.717, 1.165) is 24.8 Å². The third kappa shape index (κ3) is 5.80. The first-order chi connectivity index (χ1) is 8.76. The molecule has 1 atom stereocenters. The molecule has 4 heteroatoms. The summed E-state index contributed by atoms with van der Waals surface area (Å²) in [6, 6.07) is 9.72. The van der Waals surface area contributed by atoms with Gasteiger partial charge in [0.15, 0.2) is 0 Å². The number of benzene rings is 1. The number of amides is 1. The van der Waals surface area contributed by atoms with E-state index < -0.39 is 0 Å². The fraction of sp³-hybridized carbons (Fsp3) is 0.500. The summed E-state index contributed by atoms with van der Waals surface area (Å²) in [4.78, 5) is 16.3. The van der Waals surface area contributed by atoms with Gasteiger partial charge < -0.3 is 5.73 Å². The highest BCUT2D eigenvalue weighted by Gasteiger charge is 2.09. The van der Waals surface area contributed by atoms with E-state index in [0.29, 0.717) is 19.6 Å². The molecule has 0 saturated heterocycles. The molecular weight excluding hydrogens is 228 g/mol. The van der Waals surface area contributed by atoms with E-state index in [4.69, 9.17) is 10.6 Å². The molecule has 0 heterocycles. The molecule has 1 unspecified atom stereocenters. The van der Waals surface area contributed by atoms with Gasteiger partial charge in [0.1, 0.15) is 6.61 Å². The summed E-state index contributed by atoms with van der Waals surface area (Å²) < 4.78 is 0. The molecule has 1 aromatic rings. The first-order valence-electron chi connectivity index (χ1n) is 6.40. The predicted molar refractivity (Wildman–Crippen MR) is 71.5 cm³/mol. The molecule has 0 saturated carbocycles. The molecule has 1 rings (SSSR count). The zero-order valence-electron chi connectivity index (χ0n) is 10.9. The highest BCUT2D eigenvalue weighted by molar-refractivity contribution is 5.45. The lowest BCUT2D eigenvalue weighted by molar-refractivity contribution is -0.178. The van der Waals surface area contributed by atoms with E-state index in [1.54, 1.807) is 0 Å². The number of hydroxylamine groups is 2. The Hall–Kier alpha value is -1.39. The molecule has 1 aromatic carbocycles. The van der Waals surface area contributed by atoms with Gasteiger partial charge in [0.25, 0.3) is 0 Å². The van der Waals surface area contributed by atoms with Crippen LogP contribution in [0.2, 0.25) is 0 Å². The van der Waals surface area contributed by atoms with Crippen molar-refractivity contribution in [1.29, 1.82) is 0 Å². The minimum atomic E-state index is -0.0223. The van der Waals surface area contributed by atoms with Crippen molar-refractivity contribution < 1.29 is 9.63 Å². The van der Waals surface area contributed by atoms with Gasteiger partial charge in [0.05, 0.1) is 6.54 Å². The van der Waals surface area contributed by atoms with E-state index in [1.165, 1.54) is 5.06 Å². The lowest BCUT2D eigenvalue weighted by Gasteiger charge is -2.20. The van der Waals surface area contributed by atoms with Crippen LogP contribution in [0.3, 0.4) is 0 Å². The summed E-state index contributed by atoms with van der Waals surface area (Å²) in [6.07, 6.45) is 3.79. The zero-order chi connectivity index (χ0) is 13.2. The van der Waals surface area contributed by atoms with Gasteiger partial charge in [-0.2, -0.15) is 0 Å². The fourth-order valence-corrected chi connectivity index (χ4v) is 1.65. The number of hydrogen-bond acceptors (Lipinski definition) is 3. The van der Waals surface area contributed by atoms with Gasteiger partial charge in [-0.25, -0.2) is 5.06 Å². The maximum absolute atomic E-state index is 10.9. The van der Waals surface area contributed by atoms with Crippen LogP contribution in [0, 0.1) is 0 Å². The molecule has 0 aromatic heterocycles. The van der Waals surface area contributed by atoms with Gasteiger partial charge in [-0.1, -0.05) is 50.1 Å². The second-order valence-electron chi connectivity index (χ2n) is 4.37. The van der Waals surface area contributed by atoms with Crippen LogP contribution in [0.1, 0.15) is 31.7 Å². The number of nitrogens with two attached hydrogens (primary N) is 1. The van der Waals surface area contributed by atoms with Crippen LogP contribution in [0.25, 0.3) is 0 Å². The molecule has 0 fully saturated rings. The predicted octanol–water partition coefficient (Wildman–Crippen LogP) is 2.09. The average molecular weight is 250 g/mol. The molecule has 0 aliphatic heterocycles. The van der Waals surface area contributed by atoms with E-state index in [9.17, 15) is 4.79 Å². The minimum Gasteiger partial charge on any atom is -0.326 e. The van der Waals surface area contributed by atoms with Crippen molar-refractivity contribution in [3.63, 3.8) is 0 Å². The van der Waals surface area contributed by atoms with Gasteiger partial charge in [0, 0.05) is 6.04 Å². The lowest BCUT2D eigenvalue weighted by atomic mass is 10.1. The van der Waals surface area contributed by atoms with E-state index >= 15 is 0 Å². The number of nitrogens with zero attached hydrogens (tertiary/aromatic N) is 1. The minimum absolute atomic E-state index is 0.0223. The first kappa shape index (κ1) is 14.7. The Morgan fingerprint density at radius 2 is 2.11 bits per heavy atom. The topological polar surface area (TPSA) is 55.6 Å². The number of unbranched alkanes of at least 4 members (excludes halogenated alkanes) is 1. The Kier molecular flexibility index (Phi) is 7.06. The average Bonchev–Trinajstić information content (AvgIpc) is 2.42. The molecule has 2 N–H and O–H groups in total. The summed E-state index contributed by atoms with van der Waals surface area (Å²) in [5.74, 6) is 0. The normalized spacial score (nSPS) is 12.1. The SMILES string of the molecule is CCCCC(N)CN(C=O)OCc1ccccc1. The standard InChI is InChI=1S/C14H22N2O2/c1-2-3-9-14(15)10-16(12-17)18-11-13-7-5-4-6-8-13/h4-8,12,14H,2-3,9-11,15H2,1H3. The maximum atomic E-state index is 10.9. The molecule has 0 spiro atoms. The number of carbonyl (C=O) groups excluding carboxylic acids is 1. The molecule has 0 aliphatic carbocycles. The van der Waals surface area contributed by atoms with Crippen molar-refractivity contribution in [2.24, 2.45) is 5.73 Å². The Bertz CT molecular complexity index is 330. The summed E-state index contributed by atoms with van der Waals surface area (Å²) in [5, 5.41) is 1.29. The molecule has 1 amide bonds. The van der Waals surface area contributed by atoms with Crippen LogP contribution >= 0.6 is 0 Å². The first-order valence-corrected chi connectivity index (χ1v) is 6.40. The van der Waals surface area contributed by atoms with Crippen molar-refractivity contribution in [3.8, 4) is 0 Å². The molecule has 0 bridgehead atoms. The van der Waals surface area contributed by atoms with E-state index in [-0.39, 0.29) is 6.04 Å². The third-order valence-electron chi connectivity index (χ3n) is 2.70. The summed E-state index contributed by atoms with van der Waals surface area (Å²) in [7, 11) is 0. The van der Waals surface area contributed by atoms with Crippen molar-refractivity contribution in [2.45, 2.75) is 38.8 Å². The van der Waals surface area contributed by atoms with Crippen LogP contribution in [0.4, 0.5) is 0 Å². The van der Waals surface area contributed by atoms with Crippen LogP contribution in [-0.2, 0) is 16.2 Å². The quantitative estimate of drug-likeness (QED) is 0.539. The number of carbonyl (C=O) groups is 1.